The summed E-state index contributed by atoms with van der Waals surface area (Å²) in [4.78, 5) is 0. The molecule has 0 aliphatic rings. The minimum atomic E-state index is 0.366. The van der Waals surface area contributed by atoms with Gasteiger partial charge in [-0.3, -0.25) is 0 Å². The van der Waals surface area contributed by atoms with Crippen LogP contribution in [0.15, 0.2) is 24.3 Å². The van der Waals surface area contributed by atoms with E-state index in [1.54, 1.807) is 0 Å². The summed E-state index contributed by atoms with van der Waals surface area (Å²) in [5.41, 5.74) is 1.26. The Labute approximate surface area is 104 Å². The Morgan fingerprint density at radius 1 is 1.31 bits per heavy atom. The predicted molar refractivity (Wildman–Crippen MR) is 72.0 cm³/mol. The van der Waals surface area contributed by atoms with Crippen molar-refractivity contribution in [3.05, 3.63) is 34.9 Å². The number of hydrogen-bond donors (Lipinski definition) is 1. The van der Waals surface area contributed by atoms with Gasteiger partial charge in [0, 0.05) is 17.1 Å². The molecule has 0 saturated heterocycles. The molecule has 2 unspecified atom stereocenters. The Bertz CT molecular complexity index is 311. The molecule has 1 aromatic carbocycles. The Balaban J connectivity index is 2.48. The summed E-state index contributed by atoms with van der Waals surface area (Å²) in [7, 11) is 0. The molecule has 1 rings (SSSR count). The largest absolute Gasteiger partial charge is 0.308 e. The van der Waals surface area contributed by atoms with Crippen molar-refractivity contribution in [1.82, 2.24) is 5.32 Å². The Kier molecular flexibility index (Phi) is 5.86. The van der Waals surface area contributed by atoms with E-state index in [9.17, 15) is 0 Å². The lowest BCUT2D eigenvalue weighted by atomic mass is 10.1. The van der Waals surface area contributed by atoms with E-state index in [-0.39, 0.29) is 0 Å². The zero-order chi connectivity index (χ0) is 12.0. The predicted octanol–water partition coefficient (Wildman–Crippen LogP) is 4.57. The second-order valence-electron chi connectivity index (χ2n) is 4.49. The van der Waals surface area contributed by atoms with E-state index in [4.69, 9.17) is 11.6 Å². The van der Waals surface area contributed by atoms with Gasteiger partial charge in [0.25, 0.3) is 0 Å². The van der Waals surface area contributed by atoms with E-state index in [0.717, 1.165) is 5.02 Å². The topological polar surface area (TPSA) is 12.0 Å². The number of halogens is 1. The monoisotopic (exact) mass is 239 g/mol. The lowest BCUT2D eigenvalue weighted by Crippen LogP contribution is -2.28. The number of benzene rings is 1. The van der Waals surface area contributed by atoms with Crippen LogP contribution in [0.25, 0.3) is 0 Å². The van der Waals surface area contributed by atoms with Crippen LogP contribution in [-0.4, -0.2) is 6.04 Å². The molecule has 2 atom stereocenters. The molecule has 16 heavy (non-hydrogen) atoms. The summed E-state index contributed by atoms with van der Waals surface area (Å²) in [6, 6.07) is 9.01. The summed E-state index contributed by atoms with van der Waals surface area (Å²) in [6.07, 6.45) is 3.79. The molecule has 90 valence electrons. The minimum Gasteiger partial charge on any atom is -0.308 e. The van der Waals surface area contributed by atoms with E-state index in [1.165, 1.54) is 24.8 Å². The standard InChI is InChI=1S/C14H22ClN/c1-4-5-7-11(2)16-12(3)13-8-6-9-14(15)10-13/h6,8-12,16H,4-5,7H2,1-3H3. The molecule has 2 heteroatoms. The first kappa shape index (κ1) is 13.5. The molecule has 0 radical (unpaired) electrons. The molecule has 0 heterocycles. The van der Waals surface area contributed by atoms with Crippen LogP contribution in [0.4, 0.5) is 0 Å². The van der Waals surface area contributed by atoms with Crippen LogP contribution in [0.2, 0.25) is 5.02 Å². The van der Waals surface area contributed by atoms with E-state index >= 15 is 0 Å². The molecule has 1 aromatic rings. The normalized spacial score (nSPS) is 14.8. The van der Waals surface area contributed by atoms with Crippen molar-refractivity contribution in [3.63, 3.8) is 0 Å². The molecule has 0 aromatic heterocycles. The van der Waals surface area contributed by atoms with Crippen molar-refractivity contribution in [1.29, 1.82) is 0 Å². The number of hydrogen-bond acceptors (Lipinski definition) is 1. The van der Waals surface area contributed by atoms with Gasteiger partial charge in [-0.15, -0.1) is 0 Å². The van der Waals surface area contributed by atoms with E-state index in [2.05, 4.69) is 32.2 Å². The van der Waals surface area contributed by atoms with Crippen LogP contribution in [0.1, 0.15) is 51.6 Å². The average molecular weight is 240 g/mol. The third-order valence-electron chi connectivity index (χ3n) is 2.87. The lowest BCUT2D eigenvalue weighted by Gasteiger charge is -2.20. The van der Waals surface area contributed by atoms with Crippen molar-refractivity contribution >= 4 is 11.6 Å². The highest BCUT2D eigenvalue weighted by molar-refractivity contribution is 6.30. The molecular formula is C14H22ClN. The summed E-state index contributed by atoms with van der Waals surface area (Å²) >= 11 is 5.98. The third-order valence-corrected chi connectivity index (χ3v) is 3.11. The Morgan fingerprint density at radius 2 is 2.06 bits per heavy atom. The van der Waals surface area contributed by atoms with Crippen molar-refractivity contribution < 1.29 is 0 Å². The number of unbranched alkanes of at least 4 members (excludes halogenated alkanes) is 1. The van der Waals surface area contributed by atoms with Gasteiger partial charge >= 0.3 is 0 Å². The van der Waals surface area contributed by atoms with Gasteiger partial charge in [-0.2, -0.15) is 0 Å². The SMILES string of the molecule is CCCCC(C)NC(C)c1cccc(Cl)c1. The van der Waals surface area contributed by atoms with Crippen molar-refractivity contribution in [2.75, 3.05) is 0 Å². The first-order valence-electron chi connectivity index (χ1n) is 6.15. The summed E-state index contributed by atoms with van der Waals surface area (Å²) in [5, 5.41) is 4.41. The minimum absolute atomic E-state index is 0.366. The van der Waals surface area contributed by atoms with Crippen molar-refractivity contribution in [2.24, 2.45) is 0 Å². The van der Waals surface area contributed by atoms with Gasteiger partial charge in [0.1, 0.15) is 0 Å². The van der Waals surface area contributed by atoms with Gasteiger partial charge in [0.15, 0.2) is 0 Å². The zero-order valence-corrected chi connectivity index (χ0v) is 11.2. The molecule has 0 aliphatic heterocycles. The fraction of sp³-hybridized carbons (Fsp3) is 0.571. The summed E-state index contributed by atoms with van der Waals surface area (Å²) in [5.74, 6) is 0. The fourth-order valence-electron chi connectivity index (χ4n) is 1.89. The van der Waals surface area contributed by atoms with E-state index < -0.39 is 0 Å². The van der Waals surface area contributed by atoms with Gasteiger partial charge in [-0.1, -0.05) is 43.5 Å². The number of nitrogens with one attached hydrogen (secondary N) is 1. The second-order valence-corrected chi connectivity index (χ2v) is 4.92. The molecular weight excluding hydrogens is 218 g/mol. The Morgan fingerprint density at radius 3 is 2.69 bits per heavy atom. The van der Waals surface area contributed by atoms with Crippen LogP contribution in [0.3, 0.4) is 0 Å². The summed E-state index contributed by atoms with van der Waals surface area (Å²) in [6.45, 7) is 6.66. The highest BCUT2D eigenvalue weighted by Gasteiger charge is 2.09. The first-order chi connectivity index (χ1) is 7.63. The van der Waals surface area contributed by atoms with Crippen LogP contribution in [0.5, 0.6) is 0 Å². The first-order valence-corrected chi connectivity index (χ1v) is 6.52. The molecule has 0 spiro atoms. The van der Waals surface area contributed by atoms with Crippen LogP contribution >= 0.6 is 11.6 Å². The van der Waals surface area contributed by atoms with Crippen molar-refractivity contribution in [3.8, 4) is 0 Å². The maximum atomic E-state index is 5.98. The summed E-state index contributed by atoms with van der Waals surface area (Å²) < 4.78 is 0. The Hall–Kier alpha value is -0.530. The maximum Gasteiger partial charge on any atom is 0.0409 e. The average Bonchev–Trinajstić information content (AvgIpc) is 2.26. The van der Waals surface area contributed by atoms with E-state index in [0.29, 0.717) is 12.1 Å². The highest BCUT2D eigenvalue weighted by atomic mass is 35.5. The second kappa shape index (κ2) is 6.93. The highest BCUT2D eigenvalue weighted by Crippen LogP contribution is 2.18. The van der Waals surface area contributed by atoms with Gasteiger partial charge in [-0.05, 0) is 38.0 Å². The van der Waals surface area contributed by atoms with Gasteiger partial charge in [0.2, 0.25) is 0 Å². The smallest absolute Gasteiger partial charge is 0.0409 e. The van der Waals surface area contributed by atoms with Gasteiger partial charge in [0.05, 0.1) is 0 Å². The lowest BCUT2D eigenvalue weighted by molar-refractivity contribution is 0.444. The van der Waals surface area contributed by atoms with Crippen LogP contribution in [-0.2, 0) is 0 Å². The van der Waals surface area contributed by atoms with Crippen LogP contribution in [0, 0.1) is 0 Å². The molecule has 0 amide bonds. The molecule has 1 nitrogen and oxygen atoms in total. The van der Waals surface area contributed by atoms with Crippen LogP contribution < -0.4 is 5.32 Å². The molecule has 0 aliphatic carbocycles. The van der Waals surface area contributed by atoms with E-state index in [1.807, 2.05) is 18.2 Å². The molecule has 0 fully saturated rings. The molecule has 0 bridgehead atoms. The maximum absolute atomic E-state index is 5.98. The quantitative estimate of drug-likeness (QED) is 0.767. The van der Waals surface area contributed by atoms with Gasteiger partial charge < -0.3 is 5.32 Å². The van der Waals surface area contributed by atoms with Gasteiger partial charge in [-0.25, -0.2) is 0 Å². The fourth-order valence-corrected chi connectivity index (χ4v) is 2.09. The number of rotatable bonds is 6. The molecule has 1 N–H and O–H groups in total. The van der Waals surface area contributed by atoms with Crippen molar-refractivity contribution in [2.45, 2.75) is 52.1 Å². The zero-order valence-electron chi connectivity index (χ0n) is 10.5. The third kappa shape index (κ3) is 4.54. The molecule has 0 saturated carbocycles.